The lowest BCUT2D eigenvalue weighted by Gasteiger charge is -2.35. The second-order valence-electron chi connectivity index (χ2n) is 8.77. The highest BCUT2D eigenvalue weighted by Gasteiger charge is 2.37. The highest BCUT2D eigenvalue weighted by molar-refractivity contribution is 7.85. The lowest BCUT2D eigenvalue weighted by atomic mass is 9.93. The smallest absolute Gasteiger partial charge is 0.411 e. The van der Waals surface area contributed by atoms with Crippen molar-refractivity contribution in [1.29, 1.82) is 0 Å². The first-order valence-corrected chi connectivity index (χ1v) is 13.3. The van der Waals surface area contributed by atoms with Crippen LogP contribution in [0.15, 0.2) is 89.8 Å². The van der Waals surface area contributed by atoms with E-state index in [-0.39, 0.29) is 31.7 Å². The summed E-state index contributed by atoms with van der Waals surface area (Å²) in [5.74, 6) is -1.10. The van der Waals surface area contributed by atoms with E-state index >= 15 is 0 Å². The Labute approximate surface area is 218 Å². The standard InChI is InChI=1S/C28H29N3O5S/c29-26(32)24(15-16-37(35)23-13-5-2-6-14-23)30-27(33)25-17-21-11-7-8-12-22(21)18-31(25)28(34)36-19-20-9-3-1-4-10-20/h1-14,24-25H,15-19H2,(H2,29,32)(H,30,33)/t24-,25+,37+/m1/s1. The summed E-state index contributed by atoms with van der Waals surface area (Å²) in [4.78, 5) is 40.6. The van der Waals surface area contributed by atoms with Crippen molar-refractivity contribution in [3.63, 3.8) is 0 Å². The number of hydrogen-bond donors (Lipinski definition) is 2. The van der Waals surface area contributed by atoms with E-state index in [1.54, 1.807) is 24.3 Å². The molecule has 0 unspecified atom stereocenters. The van der Waals surface area contributed by atoms with Crippen molar-refractivity contribution in [2.45, 2.75) is 43.0 Å². The van der Waals surface area contributed by atoms with Gasteiger partial charge in [-0.25, -0.2) is 4.79 Å². The third-order valence-corrected chi connectivity index (χ3v) is 7.65. The minimum Gasteiger partial charge on any atom is -0.445 e. The number of carbonyl (C=O) groups excluding carboxylic acids is 3. The highest BCUT2D eigenvalue weighted by atomic mass is 32.2. The lowest BCUT2D eigenvalue weighted by molar-refractivity contribution is -0.131. The van der Waals surface area contributed by atoms with E-state index in [4.69, 9.17) is 10.5 Å². The van der Waals surface area contributed by atoms with Gasteiger partial charge in [-0.2, -0.15) is 0 Å². The fourth-order valence-electron chi connectivity index (χ4n) is 4.22. The van der Waals surface area contributed by atoms with Gasteiger partial charge in [0.2, 0.25) is 11.8 Å². The van der Waals surface area contributed by atoms with Crippen LogP contribution in [-0.2, 0) is 44.7 Å². The quantitative estimate of drug-likeness (QED) is 0.451. The number of fused-ring (bicyclic) bond motifs is 1. The minimum absolute atomic E-state index is 0.0708. The molecule has 0 aromatic heterocycles. The molecular formula is C28H29N3O5S. The molecule has 0 spiro atoms. The number of nitrogens with zero attached hydrogens (tertiary/aromatic N) is 1. The predicted octanol–water partition coefficient (Wildman–Crippen LogP) is 2.92. The van der Waals surface area contributed by atoms with Crippen LogP contribution in [0, 0.1) is 0 Å². The minimum atomic E-state index is -1.35. The van der Waals surface area contributed by atoms with E-state index < -0.39 is 40.8 Å². The van der Waals surface area contributed by atoms with Gasteiger partial charge in [-0.3, -0.25) is 18.7 Å². The summed E-state index contributed by atoms with van der Waals surface area (Å²) < 4.78 is 18.1. The first-order chi connectivity index (χ1) is 17.9. The van der Waals surface area contributed by atoms with Gasteiger partial charge in [-0.05, 0) is 35.2 Å². The van der Waals surface area contributed by atoms with Crippen LogP contribution < -0.4 is 11.1 Å². The van der Waals surface area contributed by atoms with Gasteiger partial charge in [0.05, 0.1) is 17.3 Å². The topological polar surface area (TPSA) is 119 Å². The third kappa shape index (κ3) is 6.83. The molecule has 0 saturated carbocycles. The molecule has 0 bridgehead atoms. The molecular weight excluding hydrogens is 490 g/mol. The summed E-state index contributed by atoms with van der Waals surface area (Å²) in [6.07, 6.45) is -0.256. The second-order valence-corrected chi connectivity index (χ2v) is 10.3. The Morgan fingerprint density at radius 2 is 1.57 bits per heavy atom. The molecule has 37 heavy (non-hydrogen) atoms. The normalized spacial score (nSPS) is 16.2. The molecule has 0 fully saturated rings. The Morgan fingerprint density at radius 3 is 2.24 bits per heavy atom. The van der Waals surface area contributed by atoms with Gasteiger partial charge in [-0.1, -0.05) is 72.8 Å². The second kappa shape index (κ2) is 12.3. The van der Waals surface area contributed by atoms with Crippen LogP contribution in [0.25, 0.3) is 0 Å². The monoisotopic (exact) mass is 519 g/mol. The van der Waals surface area contributed by atoms with Crippen molar-refractivity contribution in [2.75, 3.05) is 5.75 Å². The van der Waals surface area contributed by atoms with E-state index in [1.165, 1.54) is 4.90 Å². The van der Waals surface area contributed by atoms with Gasteiger partial charge in [0.1, 0.15) is 18.7 Å². The number of carbonyl (C=O) groups is 3. The molecule has 3 N–H and O–H groups in total. The molecule has 1 aliphatic rings. The summed E-state index contributed by atoms with van der Waals surface area (Å²) in [5.41, 5.74) is 8.26. The zero-order valence-corrected chi connectivity index (χ0v) is 21.1. The van der Waals surface area contributed by atoms with Crippen molar-refractivity contribution in [1.82, 2.24) is 10.2 Å². The molecule has 3 aromatic carbocycles. The molecule has 3 atom stereocenters. The number of rotatable bonds is 9. The number of ether oxygens (including phenoxy) is 1. The molecule has 1 aliphatic heterocycles. The van der Waals surface area contributed by atoms with Crippen molar-refractivity contribution >= 4 is 28.7 Å². The molecule has 9 heteroatoms. The zero-order valence-electron chi connectivity index (χ0n) is 20.2. The van der Waals surface area contributed by atoms with Gasteiger partial charge in [0.25, 0.3) is 0 Å². The fourth-order valence-corrected chi connectivity index (χ4v) is 5.37. The van der Waals surface area contributed by atoms with Crippen LogP contribution in [0.2, 0.25) is 0 Å². The Bertz CT molecular complexity index is 1270. The van der Waals surface area contributed by atoms with Crippen LogP contribution in [0.4, 0.5) is 4.79 Å². The van der Waals surface area contributed by atoms with E-state index in [9.17, 15) is 18.6 Å². The molecule has 0 aliphatic carbocycles. The van der Waals surface area contributed by atoms with E-state index in [2.05, 4.69) is 5.32 Å². The van der Waals surface area contributed by atoms with Gasteiger partial charge < -0.3 is 15.8 Å². The van der Waals surface area contributed by atoms with E-state index in [0.29, 0.717) is 4.90 Å². The summed E-state index contributed by atoms with van der Waals surface area (Å²) in [6, 6.07) is 23.8. The molecule has 4 rings (SSSR count). The summed E-state index contributed by atoms with van der Waals surface area (Å²) in [6.45, 7) is 0.266. The van der Waals surface area contributed by atoms with Crippen LogP contribution >= 0.6 is 0 Å². The maximum atomic E-state index is 13.4. The summed E-state index contributed by atoms with van der Waals surface area (Å²) in [7, 11) is -1.35. The van der Waals surface area contributed by atoms with Crippen LogP contribution in [0.3, 0.4) is 0 Å². The average Bonchev–Trinajstić information content (AvgIpc) is 2.93. The SMILES string of the molecule is NC(=O)[C@@H](CC[S@](=O)c1ccccc1)NC(=O)[C@@H]1Cc2ccccc2CN1C(=O)OCc1ccccc1. The summed E-state index contributed by atoms with van der Waals surface area (Å²) in [5, 5.41) is 2.69. The van der Waals surface area contributed by atoms with Crippen molar-refractivity contribution < 1.29 is 23.3 Å². The van der Waals surface area contributed by atoms with Crippen molar-refractivity contribution in [3.8, 4) is 0 Å². The van der Waals surface area contributed by atoms with E-state index in [1.807, 2.05) is 60.7 Å². The predicted molar refractivity (Wildman–Crippen MR) is 140 cm³/mol. The van der Waals surface area contributed by atoms with Crippen molar-refractivity contribution in [3.05, 3.63) is 102 Å². The Morgan fingerprint density at radius 1 is 0.946 bits per heavy atom. The Kier molecular flexibility index (Phi) is 8.68. The van der Waals surface area contributed by atoms with Crippen molar-refractivity contribution in [2.24, 2.45) is 5.73 Å². The number of nitrogens with two attached hydrogens (primary N) is 1. The summed E-state index contributed by atoms with van der Waals surface area (Å²) >= 11 is 0. The molecule has 1 heterocycles. The first-order valence-electron chi connectivity index (χ1n) is 12.0. The number of hydrogen-bond acceptors (Lipinski definition) is 5. The maximum Gasteiger partial charge on any atom is 0.411 e. The molecule has 0 radical (unpaired) electrons. The Balaban J connectivity index is 1.46. The Hall–Kier alpha value is -3.98. The van der Waals surface area contributed by atoms with Crippen LogP contribution in [0.1, 0.15) is 23.1 Å². The molecule has 3 amide bonds. The van der Waals surface area contributed by atoms with Gasteiger partial charge in [-0.15, -0.1) is 0 Å². The fraction of sp³-hybridized carbons (Fsp3) is 0.250. The number of nitrogens with one attached hydrogen (secondary N) is 1. The number of amides is 3. The molecule has 0 saturated heterocycles. The maximum absolute atomic E-state index is 13.4. The van der Waals surface area contributed by atoms with Crippen LogP contribution in [-0.4, -0.2) is 44.9 Å². The third-order valence-electron chi connectivity index (χ3n) is 6.25. The average molecular weight is 520 g/mol. The molecule has 192 valence electrons. The zero-order chi connectivity index (χ0) is 26.2. The van der Waals surface area contributed by atoms with Gasteiger partial charge >= 0.3 is 6.09 Å². The number of benzene rings is 3. The molecule has 3 aromatic rings. The van der Waals surface area contributed by atoms with Gasteiger partial charge in [0, 0.05) is 17.1 Å². The van der Waals surface area contributed by atoms with E-state index in [0.717, 1.165) is 16.7 Å². The largest absolute Gasteiger partial charge is 0.445 e. The van der Waals surface area contributed by atoms with Gasteiger partial charge in [0.15, 0.2) is 0 Å². The number of primary amides is 1. The highest BCUT2D eigenvalue weighted by Crippen LogP contribution is 2.25. The lowest BCUT2D eigenvalue weighted by Crippen LogP contribution is -2.56. The van der Waals surface area contributed by atoms with Crippen LogP contribution in [0.5, 0.6) is 0 Å². The molecule has 8 nitrogen and oxygen atoms in total. The first kappa shape index (κ1) is 26.1.